The molecule has 61 heavy (non-hydrogen) atoms. The summed E-state index contributed by atoms with van der Waals surface area (Å²) in [6.07, 6.45) is 0. The van der Waals surface area contributed by atoms with Gasteiger partial charge in [0.1, 0.15) is 0 Å². The van der Waals surface area contributed by atoms with E-state index in [9.17, 15) is 0 Å². The Kier molecular flexibility index (Phi) is 8.58. The molecule has 2 aliphatic rings. The van der Waals surface area contributed by atoms with Crippen molar-refractivity contribution < 1.29 is 0 Å². The van der Waals surface area contributed by atoms with Gasteiger partial charge in [-0.3, -0.25) is 0 Å². The van der Waals surface area contributed by atoms with Crippen molar-refractivity contribution in [2.24, 2.45) is 0 Å². The Hall–Kier alpha value is -7.22. The molecular weight excluding hydrogens is 735 g/mol. The molecule has 0 N–H and O–H groups in total. The molecule has 0 aromatic heterocycles. The third-order valence-corrected chi connectivity index (χ3v) is 13.5. The van der Waals surface area contributed by atoms with Crippen molar-refractivity contribution in [3.8, 4) is 66.8 Å². The van der Waals surface area contributed by atoms with Gasteiger partial charge in [-0.15, -0.1) is 0 Å². The fourth-order valence-corrected chi connectivity index (χ4v) is 10.4. The quantitative estimate of drug-likeness (QED) is 0.156. The van der Waals surface area contributed by atoms with E-state index in [1.54, 1.807) is 0 Å². The van der Waals surface area contributed by atoms with Gasteiger partial charge in [0.15, 0.2) is 0 Å². The first kappa shape index (κ1) is 36.8. The van der Waals surface area contributed by atoms with Crippen LogP contribution in [0.4, 0.5) is 17.1 Å². The Balaban J connectivity index is 1.05. The van der Waals surface area contributed by atoms with Crippen molar-refractivity contribution in [2.75, 3.05) is 4.90 Å². The second-order valence-corrected chi connectivity index (χ2v) is 17.7. The van der Waals surface area contributed by atoms with Crippen LogP contribution in [0.25, 0.3) is 66.8 Å². The number of nitrogens with zero attached hydrogens (tertiary/aromatic N) is 1. The molecule has 0 radical (unpaired) electrons. The van der Waals surface area contributed by atoms with Crippen LogP contribution in [0.2, 0.25) is 0 Å². The average Bonchev–Trinajstić information content (AvgIpc) is 3.69. The van der Waals surface area contributed by atoms with Crippen molar-refractivity contribution in [3.05, 3.63) is 235 Å². The molecule has 0 unspecified atom stereocenters. The molecule has 1 nitrogen and oxygen atoms in total. The van der Waals surface area contributed by atoms with E-state index >= 15 is 0 Å². The summed E-state index contributed by atoms with van der Waals surface area (Å²) in [4.78, 5) is 2.46. The van der Waals surface area contributed by atoms with Crippen LogP contribution in [0.3, 0.4) is 0 Å². The average molecular weight is 782 g/mol. The molecule has 0 atom stereocenters. The van der Waals surface area contributed by atoms with E-state index in [0.717, 1.165) is 17.1 Å². The fourth-order valence-electron chi connectivity index (χ4n) is 10.4. The van der Waals surface area contributed by atoms with Gasteiger partial charge >= 0.3 is 0 Å². The Morgan fingerprint density at radius 1 is 0.279 bits per heavy atom. The third-order valence-electron chi connectivity index (χ3n) is 13.5. The minimum Gasteiger partial charge on any atom is -0.310 e. The summed E-state index contributed by atoms with van der Waals surface area (Å²) in [7, 11) is 0. The van der Waals surface area contributed by atoms with Crippen LogP contribution in [0, 0.1) is 0 Å². The summed E-state index contributed by atoms with van der Waals surface area (Å²) in [5.41, 5.74) is 23.8. The zero-order valence-electron chi connectivity index (χ0n) is 35.2. The molecule has 2 aliphatic carbocycles. The van der Waals surface area contributed by atoms with Crippen molar-refractivity contribution in [2.45, 2.75) is 38.5 Å². The normalized spacial score (nSPS) is 13.8. The van der Waals surface area contributed by atoms with Gasteiger partial charge in [0.25, 0.3) is 0 Å². The highest BCUT2D eigenvalue weighted by atomic mass is 15.1. The highest BCUT2D eigenvalue weighted by molar-refractivity contribution is 5.93. The molecule has 0 amide bonds. The Bertz CT molecular complexity index is 3110. The van der Waals surface area contributed by atoms with Gasteiger partial charge < -0.3 is 4.90 Å². The number of fused-ring (bicyclic) bond motifs is 6. The summed E-state index contributed by atoms with van der Waals surface area (Å²) < 4.78 is 0. The molecule has 0 fully saturated rings. The molecule has 0 heterocycles. The third kappa shape index (κ3) is 5.99. The lowest BCUT2D eigenvalue weighted by Crippen LogP contribution is -2.16. The molecule has 9 aromatic rings. The number of benzene rings is 9. The van der Waals surface area contributed by atoms with Crippen molar-refractivity contribution in [1.82, 2.24) is 0 Å². The maximum Gasteiger partial charge on any atom is 0.0540 e. The summed E-state index contributed by atoms with van der Waals surface area (Å²) in [6, 6.07) is 78.5. The number of hydrogen-bond donors (Lipinski definition) is 0. The number of anilines is 3. The maximum atomic E-state index is 2.46. The number of para-hydroxylation sites is 1. The van der Waals surface area contributed by atoms with E-state index < -0.39 is 0 Å². The van der Waals surface area contributed by atoms with Gasteiger partial charge in [-0.1, -0.05) is 204 Å². The molecule has 11 rings (SSSR count). The van der Waals surface area contributed by atoms with E-state index in [-0.39, 0.29) is 10.8 Å². The van der Waals surface area contributed by atoms with Gasteiger partial charge in [-0.25, -0.2) is 0 Å². The molecule has 1 heteroatoms. The van der Waals surface area contributed by atoms with E-state index in [2.05, 4.69) is 245 Å². The first-order valence-corrected chi connectivity index (χ1v) is 21.5. The van der Waals surface area contributed by atoms with Gasteiger partial charge in [-0.2, -0.15) is 0 Å². The standard InChI is InChI=1S/C60H47N/c1-59(2)54-25-11-8-21-50(54)52-37-34-45(39-56(52)59)48-20-10-13-27-57(48)61(46-35-32-43(33-36-46)42-30-28-41(29-31-42)40-16-6-5-7-17-40)47-19-14-18-44(38-47)49-23-15-24-53-51-22-9-12-26-55(51)60(3,4)58(49)53/h5-39H,1-4H3. The van der Waals surface area contributed by atoms with Gasteiger partial charge in [0.05, 0.1) is 5.69 Å². The lowest BCUT2D eigenvalue weighted by Gasteiger charge is -2.29. The Labute approximate surface area is 360 Å². The predicted molar refractivity (Wildman–Crippen MR) is 258 cm³/mol. The topological polar surface area (TPSA) is 3.24 Å². The summed E-state index contributed by atoms with van der Waals surface area (Å²) >= 11 is 0. The van der Waals surface area contributed by atoms with E-state index in [4.69, 9.17) is 0 Å². The summed E-state index contributed by atoms with van der Waals surface area (Å²) in [5.74, 6) is 0. The molecule has 292 valence electrons. The molecule has 0 saturated carbocycles. The molecular formula is C60H47N. The summed E-state index contributed by atoms with van der Waals surface area (Å²) in [5, 5.41) is 0. The van der Waals surface area contributed by atoms with E-state index in [1.165, 1.54) is 89.0 Å². The first-order chi connectivity index (χ1) is 29.8. The minimum absolute atomic E-state index is 0.0938. The van der Waals surface area contributed by atoms with Gasteiger partial charge in [0, 0.05) is 27.8 Å². The molecule has 0 bridgehead atoms. The number of rotatable bonds is 7. The number of hydrogen-bond acceptors (Lipinski definition) is 1. The van der Waals surface area contributed by atoms with Crippen LogP contribution in [-0.2, 0) is 10.8 Å². The minimum atomic E-state index is -0.124. The summed E-state index contributed by atoms with van der Waals surface area (Å²) in [6.45, 7) is 9.48. The molecule has 9 aromatic carbocycles. The SMILES string of the molecule is CC1(C)c2ccccc2-c2ccc(-c3ccccc3N(c3ccc(-c4ccc(-c5ccccc5)cc4)cc3)c3cccc(-c4cccc5c4C(C)(C)c4ccccc4-5)c3)cc21. The maximum absolute atomic E-state index is 2.46. The zero-order valence-corrected chi connectivity index (χ0v) is 35.2. The van der Waals surface area contributed by atoms with Crippen molar-refractivity contribution >= 4 is 17.1 Å². The first-order valence-electron chi connectivity index (χ1n) is 21.5. The highest BCUT2D eigenvalue weighted by Gasteiger charge is 2.38. The predicted octanol–water partition coefficient (Wildman–Crippen LogP) is 16.4. The van der Waals surface area contributed by atoms with E-state index in [1.807, 2.05) is 0 Å². The van der Waals surface area contributed by atoms with Crippen molar-refractivity contribution in [1.29, 1.82) is 0 Å². The second-order valence-electron chi connectivity index (χ2n) is 17.7. The van der Waals surface area contributed by atoms with E-state index in [0.29, 0.717) is 0 Å². The molecule has 0 saturated heterocycles. The van der Waals surface area contributed by atoms with Crippen molar-refractivity contribution in [3.63, 3.8) is 0 Å². The Morgan fingerprint density at radius 3 is 1.44 bits per heavy atom. The van der Waals surface area contributed by atoms with Gasteiger partial charge in [0.2, 0.25) is 0 Å². The van der Waals surface area contributed by atoms with Crippen LogP contribution in [-0.4, -0.2) is 0 Å². The molecule has 0 aliphatic heterocycles. The van der Waals surface area contributed by atoms with Crippen LogP contribution in [0.1, 0.15) is 49.9 Å². The largest absolute Gasteiger partial charge is 0.310 e. The van der Waals surface area contributed by atoms with Gasteiger partial charge in [-0.05, 0) is 120 Å². The molecule has 0 spiro atoms. The second kappa shape index (κ2) is 14.2. The van der Waals surface area contributed by atoms with Crippen LogP contribution in [0.15, 0.2) is 212 Å². The smallest absolute Gasteiger partial charge is 0.0540 e. The van der Waals surface area contributed by atoms with Crippen LogP contribution < -0.4 is 4.90 Å². The lowest BCUT2D eigenvalue weighted by atomic mass is 9.79. The fraction of sp³-hybridized carbons (Fsp3) is 0.100. The highest BCUT2D eigenvalue weighted by Crippen LogP contribution is 2.53. The Morgan fingerprint density at radius 2 is 0.738 bits per heavy atom. The van der Waals surface area contributed by atoms with Crippen LogP contribution >= 0.6 is 0 Å². The monoisotopic (exact) mass is 781 g/mol. The lowest BCUT2D eigenvalue weighted by molar-refractivity contribution is 0.660. The zero-order chi connectivity index (χ0) is 41.3. The van der Waals surface area contributed by atoms with Crippen LogP contribution in [0.5, 0.6) is 0 Å².